The highest BCUT2D eigenvalue weighted by Gasteiger charge is 2.35. The minimum Gasteiger partial charge on any atom is -0.399 e. The predicted molar refractivity (Wildman–Crippen MR) is 76.5 cm³/mol. The van der Waals surface area contributed by atoms with Gasteiger partial charge in [0.2, 0.25) is 0 Å². The second-order valence-electron chi connectivity index (χ2n) is 4.63. The maximum absolute atomic E-state index is 12.3. The van der Waals surface area contributed by atoms with Gasteiger partial charge in [0.25, 0.3) is 11.8 Å². The van der Waals surface area contributed by atoms with Gasteiger partial charge < -0.3 is 5.73 Å². The summed E-state index contributed by atoms with van der Waals surface area (Å²) in [5, 5.41) is 0.573. The maximum Gasteiger partial charge on any atom is 0.261 e. The van der Waals surface area contributed by atoms with Crippen LogP contribution in [0.3, 0.4) is 0 Å². The lowest BCUT2D eigenvalue weighted by atomic mass is 10.1. The highest BCUT2D eigenvalue weighted by atomic mass is 35.5. The molecule has 1 heterocycles. The second-order valence-corrected chi connectivity index (χ2v) is 5.07. The van der Waals surface area contributed by atoms with Crippen LogP contribution in [0.15, 0.2) is 42.5 Å². The molecule has 0 aliphatic carbocycles. The van der Waals surface area contributed by atoms with Crippen LogP contribution in [0.4, 0.5) is 5.69 Å². The molecule has 0 radical (unpaired) electrons. The molecule has 1 aliphatic heterocycles. The molecule has 2 aromatic rings. The average molecular weight is 287 g/mol. The van der Waals surface area contributed by atoms with Gasteiger partial charge in [0, 0.05) is 10.7 Å². The Morgan fingerprint density at radius 2 is 1.75 bits per heavy atom. The molecular weight excluding hydrogens is 276 g/mol. The zero-order valence-electron chi connectivity index (χ0n) is 10.5. The van der Waals surface area contributed by atoms with E-state index in [9.17, 15) is 9.59 Å². The maximum atomic E-state index is 12.3. The molecule has 2 amide bonds. The summed E-state index contributed by atoms with van der Waals surface area (Å²) in [7, 11) is 0. The third kappa shape index (κ3) is 2.04. The largest absolute Gasteiger partial charge is 0.399 e. The Kier molecular flexibility index (Phi) is 2.95. The highest BCUT2D eigenvalue weighted by Crippen LogP contribution is 2.26. The van der Waals surface area contributed by atoms with Crippen molar-refractivity contribution in [2.45, 2.75) is 6.54 Å². The van der Waals surface area contributed by atoms with Crippen molar-refractivity contribution in [3.63, 3.8) is 0 Å². The van der Waals surface area contributed by atoms with Gasteiger partial charge in [-0.25, -0.2) is 0 Å². The van der Waals surface area contributed by atoms with Crippen LogP contribution in [0.25, 0.3) is 0 Å². The van der Waals surface area contributed by atoms with Crippen molar-refractivity contribution in [1.82, 2.24) is 4.90 Å². The molecule has 0 unspecified atom stereocenters. The summed E-state index contributed by atoms with van der Waals surface area (Å²) < 4.78 is 0. The number of imide groups is 1. The number of hydrogen-bond donors (Lipinski definition) is 1. The van der Waals surface area contributed by atoms with Crippen molar-refractivity contribution in [3.05, 3.63) is 64.2 Å². The summed E-state index contributed by atoms with van der Waals surface area (Å²) in [6.45, 7) is 0.201. The minimum absolute atomic E-state index is 0.201. The first-order valence-corrected chi connectivity index (χ1v) is 6.44. The molecule has 20 heavy (non-hydrogen) atoms. The van der Waals surface area contributed by atoms with Crippen LogP contribution in [0.2, 0.25) is 5.02 Å². The number of fused-ring (bicyclic) bond motifs is 1. The molecule has 0 saturated carbocycles. The topological polar surface area (TPSA) is 63.4 Å². The molecule has 4 nitrogen and oxygen atoms in total. The summed E-state index contributed by atoms with van der Waals surface area (Å²) in [6, 6.07) is 11.8. The number of hydrogen-bond acceptors (Lipinski definition) is 3. The molecule has 0 aromatic heterocycles. The molecule has 0 atom stereocenters. The van der Waals surface area contributed by atoms with Gasteiger partial charge >= 0.3 is 0 Å². The highest BCUT2D eigenvalue weighted by molar-refractivity contribution is 6.30. The summed E-state index contributed by atoms with van der Waals surface area (Å²) in [4.78, 5) is 25.7. The number of carbonyl (C=O) groups is 2. The zero-order chi connectivity index (χ0) is 14.3. The average Bonchev–Trinajstić information content (AvgIpc) is 2.64. The standard InChI is InChI=1S/C15H11ClN2O2/c16-10-3-1-2-9(6-10)8-18-14(19)12-5-4-11(17)7-13(12)15(18)20/h1-7H,8,17H2. The lowest BCUT2D eigenvalue weighted by molar-refractivity contribution is 0.0642. The van der Waals surface area contributed by atoms with Crippen molar-refractivity contribution in [3.8, 4) is 0 Å². The van der Waals surface area contributed by atoms with E-state index in [1.165, 1.54) is 11.0 Å². The number of nitrogens with zero attached hydrogens (tertiary/aromatic N) is 1. The first kappa shape index (κ1) is 12.7. The van der Waals surface area contributed by atoms with E-state index in [1.54, 1.807) is 30.3 Å². The van der Waals surface area contributed by atoms with E-state index < -0.39 is 0 Å². The van der Waals surface area contributed by atoms with E-state index in [1.807, 2.05) is 6.07 Å². The van der Waals surface area contributed by atoms with E-state index in [0.717, 1.165) is 5.56 Å². The number of amides is 2. The summed E-state index contributed by atoms with van der Waals surface area (Å²) in [5.74, 6) is -0.623. The van der Waals surface area contributed by atoms with E-state index in [-0.39, 0.29) is 18.4 Å². The zero-order valence-corrected chi connectivity index (χ0v) is 11.2. The van der Waals surface area contributed by atoms with Gasteiger partial charge in [-0.1, -0.05) is 23.7 Å². The molecule has 100 valence electrons. The Morgan fingerprint density at radius 3 is 2.50 bits per heavy atom. The van der Waals surface area contributed by atoms with Crippen molar-refractivity contribution in [2.75, 3.05) is 5.73 Å². The normalized spacial score (nSPS) is 13.8. The lowest BCUT2D eigenvalue weighted by Crippen LogP contribution is -2.29. The van der Waals surface area contributed by atoms with Crippen LogP contribution < -0.4 is 5.73 Å². The van der Waals surface area contributed by atoms with E-state index in [0.29, 0.717) is 21.8 Å². The van der Waals surface area contributed by atoms with Crippen molar-refractivity contribution in [1.29, 1.82) is 0 Å². The van der Waals surface area contributed by atoms with Crippen LogP contribution in [0.1, 0.15) is 26.3 Å². The number of nitrogens with two attached hydrogens (primary N) is 1. The minimum atomic E-state index is -0.322. The van der Waals surface area contributed by atoms with Gasteiger partial charge in [0.1, 0.15) is 0 Å². The Hall–Kier alpha value is -2.33. The van der Waals surface area contributed by atoms with Crippen LogP contribution in [0, 0.1) is 0 Å². The first-order chi connectivity index (χ1) is 9.56. The third-order valence-electron chi connectivity index (χ3n) is 3.22. The van der Waals surface area contributed by atoms with Gasteiger partial charge in [-0.2, -0.15) is 0 Å². The number of halogens is 1. The van der Waals surface area contributed by atoms with E-state index in [2.05, 4.69) is 0 Å². The smallest absolute Gasteiger partial charge is 0.261 e. The monoisotopic (exact) mass is 286 g/mol. The molecule has 5 heteroatoms. The number of anilines is 1. The molecule has 2 aromatic carbocycles. The number of benzene rings is 2. The fourth-order valence-corrected chi connectivity index (χ4v) is 2.48. The van der Waals surface area contributed by atoms with E-state index in [4.69, 9.17) is 17.3 Å². The number of carbonyl (C=O) groups excluding carboxylic acids is 2. The van der Waals surface area contributed by atoms with E-state index >= 15 is 0 Å². The molecular formula is C15H11ClN2O2. The van der Waals surface area contributed by atoms with Gasteiger partial charge in [0.05, 0.1) is 17.7 Å². The van der Waals surface area contributed by atoms with Gasteiger partial charge in [0.15, 0.2) is 0 Å². The predicted octanol–water partition coefficient (Wildman–Crippen LogP) is 2.72. The van der Waals surface area contributed by atoms with Gasteiger partial charge in [-0.3, -0.25) is 14.5 Å². The molecule has 0 fully saturated rings. The number of rotatable bonds is 2. The molecule has 0 saturated heterocycles. The molecule has 2 N–H and O–H groups in total. The number of nitrogen functional groups attached to an aromatic ring is 1. The molecule has 3 rings (SSSR count). The fourth-order valence-electron chi connectivity index (χ4n) is 2.27. The van der Waals surface area contributed by atoms with Crippen LogP contribution in [-0.4, -0.2) is 16.7 Å². The summed E-state index contributed by atoms with van der Waals surface area (Å²) in [6.07, 6.45) is 0. The quantitative estimate of drug-likeness (QED) is 0.682. The lowest BCUT2D eigenvalue weighted by Gasteiger charge is -2.13. The molecule has 1 aliphatic rings. The molecule has 0 bridgehead atoms. The SMILES string of the molecule is Nc1ccc2c(c1)C(=O)N(Cc1cccc(Cl)c1)C2=O. The Bertz CT molecular complexity index is 728. The van der Waals surface area contributed by atoms with Crippen molar-refractivity contribution >= 4 is 29.1 Å². The first-order valence-electron chi connectivity index (χ1n) is 6.06. The van der Waals surface area contributed by atoms with Crippen molar-refractivity contribution < 1.29 is 9.59 Å². The van der Waals surface area contributed by atoms with Gasteiger partial charge in [-0.15, -0.1) is 0 Å². The Morgan fingerprint density at radius 1 is 1.00 bits per heavy atom. The third-order valence-corrected chi connectivity index (χ3v) is 3.46. The Labute approximate surface area is 120 Å². The van der Waals surface area contributed by atoms with Crippen LogP contribution >= 0.6 is 11.6 Å². The summed E-state index contributed by atoms with van der Waals surface area (Å²) in [5.41, 5.74) is 7.68. The molecule has 0 spiro atoms. The Balaban J connectivity index is 1.94. The van der Waals surface area contributed by atoms with Crippen LogP contribution in [-0.2, 0) is 6.54 Å². The van der Waals surface area contributed by atoms with Gasteiger partial charge in [-0.05, 0) is 35.9 Å². The summed E-state index contributed by atoms with van der Waals surface area (Å²) >= 11 is 5.91. The second kappa shape index (κ2) is 4.65. The van der Waals surface area contributed by atoms with Crippen molar-refractivity contribution in [2.24, 2.45) is 0 Å². The van der Waals surface area contributed by atoms with Crippen LogP contribution in [0.5, 0.6) is 0 Å². The fraction of sp³-hybridized carbons (Fsp3) is 0.0667.